The van der Waals surface area contributed by atoms with Gasteiger partial charge in [0.15, 0.2) is 0 Å². The van der Waals surface area contributed by atoms with Crippen molar-refractivity contribution < 1.29 is 0 Å². The molecule has 0 aromatic rings. The maximum absolute atomic E-state index is 7.29. The van der Waals surface area contributed by atoms with E-state index in [0.717, 1.165) is 6.42 Å². The Balaban J connectivity index is 3.69. The molecular weight excluding hydrogens is 126 g/mol. The second kappa shape index (κ2) is 4.41. The molecule has 0 amide bonds. The fourth-order valence-corrected chi connectivity index (χ4v) is 0.764. The molecule has 2 unspecified atom stereocenters. The van der Waals surface area contributed by atoms with Crippen molar-refractivity contribution in [3.63, 3.8) is 0 Å². The molecule has 0 aliphatic heterocycles. The Bertz CT molecular complexity index is 111. The summed E-state index contributed by atoms with van der Waals surface area (Å²) in [6.45, 7) is 4.35. The van der Waals surface area contributed by atoms with Gasteiger partial charge in [-0.2, -0.15) is 0 Å². The Hall–Kier alpha value is -0.410. The van der Waals surface area contributed by atoms with Gasteiger partial charge < -0.3 is 16.9 Å². The van der Waals surface area contributed by atoms with Crippen molar-refractivity contribution in [2.45, 2.75) is 26.3 Å². The van der Waals surface area contributed by atoms with Gasteiger partial charge in [0.1, 0.15) is 0 Å². The van der Waals surface area contributed by atoms with Crippen molar-refractivity contribution in [3.8, 4) is 0 Å². The molecule has 5 N–H and O–H groups in total. The molecule has 0 radical (unpaired) electrons. The summed E-state index contributed by atoms with van der Waals surface area (Å²) in [5, 5.41) is 7.29. The van der Waals surface area contributed by atoms with Gasteiger partial charge in [-0.15, -0.1) is 0 Å². The summed E-state index contributed by atoms with van der Waals surface area (Å²) in [6, 6.07) is 0.0579. The molecule has 0 fully saturated rings. The van der Waals surface area contributed by atoms with E-state index >= 15 is 0 Å². The summed E-state index contributed by atoms with van der Waals surface area (Å²) in [5.41, 5.74) is 11.7. The summed E-state index contributed by atoms with van der Waals surface area (Å²) in [6.07, 6.45) is 0.803. The fraction of sp³-hybridized carbons (Fsp3) is 0.857. The van der Waals surface area contributed by atoms with Gasteiger partial charge in [0.05, 0.1) is 0 Å². The standard InChI is InChI=1S/C7H17N3/c1-5(6(2)9)7(10)3-4-8/h5,7,9H,3-4,8,10H2,1-2H3. The first kappa shape index (κ1) is 9.59. The molecule has 0 bridgehead atoms. The molecule has 60 valence electrons. The van der Waals surface area contributed by atoms with E-state index in [4.69, 9.17) is 16.9 Å². The van der Waals surface area contributed by atoms with Crippen LogP contribution in [0.2, 0.25) is 0 Å². The Kier molecular flexibility index (Phi) is 4.23. The highest BCUT2D eigenvalue weighted by molar-refractivity contribution is 5.81. The molecule has 0 aromatic heterocycles. The highest BCUT2D eigenvalue weighted by Gasteiger charge is 2.12. The third kappa shape index (κ3) is 2.94. The van der Waals surface area contributed by atoms with Crippen LogP contribution in [0.3, 0.4) is 0 Å². The molecule has 0 saturated heterocycles. The van der Waals surface area contributed by atoms with E-state index in [1.807, 2.05) is 6.92 Å². The molecule has 0 aliphatic carbocycles. The molecule has 0 rings (SSSR count). The maximum atomic E-state index is 7.29. The second-order valence-corrected chi connectivity index (χ2v) is 2.71. The van der Waals surface area contributed by atoms with E-state index in [-0.39, 0.29) is 12.0 Å². The van der Waals surface area contributed by atoms with Crippen LogP contribution in [0.15, 0.2) is 0 Å². The van der Waals surface area contributed by atoms with Crippen molar-refractivity contribution in [1.29, 1.82) is 5.41 Å². The quantitative estimate of drug-likeness (QED) is 0.496. The third-order valence-corrected chi connectivity index (χ3v) is 1.83. The minimum Gasteiger partial charge on any atom is -0.330 e. The van der Waals surface area contributed by atoms with Crippen LogP contribution in [-0.4, -0.2) is 18.3 Å². The molecule has 0 aliphatic rings. The summed E-state index contributed by atoms with van der Waals surface area (Å²) in [7, 11) is 0. The lowest BCUT2D eigenvalue weighted by atomic mass is 9.96. The fourth-order valence-electron chi connectivity index (χ4n) is 0.764. The van der Waals surface area contributed by atoms with Crippen molar-refractivity contribution in [3.05, 3.63) is 0 Å². The largest absolute Gasteiger partial charge is 0.330 e. The zero-order chi connectivity index (χ0) is 8.15. The zero-order valence-electron chi connectivity index (χ0n) is 6.72. The lowest BCUT2D eigenvalue weighted by molar-refractivity contribution is 0.530. The first-order valence-electron chi connectivity index (χ1n) is 3.60. The Morgan fingerprint density at radius 1 is 1.60 bits per heavy atom. The molecule has 0 aromatic carbocycles. The molecule has 10 heavy (non-hydrogen) atoms. The van der Waals surface area contributed by atoms with Crippen LogP contribution in [0.4, 0.5) is 0 Å². The van der Waals surface area contributed by atoms with Crippen LogP contribution >= 0.6 is 0 Å². The minimum absolute atomic E-state index is 0.0579. The maximum Gasteiger partial charge on any atom is 0.0129 e. The third-order valence-electron chi connectivity index (χ3n) is 1.83. The minimum atomic E-state index is 0.0579. The molecule has 3 heteroatoms. The molecular formula is C7H17N3. The lowest BCUT2D eigenvalue weighted by Crippen LogP contribution is -2.34. The topological polar surface area (TPSA) is 75.9 Å². The van der Waals surface area contributed by atoms with Gasteiger partial charge in [0, 0.05) is 17.7 Å². The zero-order valence-corrected chi connectivity index (χ0v) is 6.72. The Morgan fingerprint density at radius 2 is 2.10 bits per heavy atom. The van der Waals surface area contributed by atoms with Gasteiger partial charge in [-0.1, -0.05) is 6.92 Å². The molecule has 0 spiro atoms. The van der Waals surface area contributed by atoms with Gasteiger partial charge in [-0.3, -0.25) is 0 Å². The highest BCUT2D eigenvalue weighted by atomic mass is 14.7. The van der Waals surface area contributed by atoms with Crippen LogP contribution < -0.4 is 11.5 Å². The van der Waals surface area contributed by atoms with E-state index in [2.05, 4.69) is 0 Å². The van der Waals surface area contributed by atoms with Gasteiger partial charge in [0.25, 0.3) is 0 Å². The molecule has 0 heterocycles. The highest BCUT2D eigenvalue weighted by Crippen LogP contribution is 2.04. The van der Waals surface area contributed by atoms with Crippen molar-refractivity contribution >= 4 is 5.71 Å². The van der Waals surface area contributed by atoms with E-state index in [1.54, 1.807) is 6.92 Å². The summed E-state index contributed by atoms with van der Waals surface area (Å²) >= 11 is 0. The lowest BCUT2D eigenvalue weighted by Gasteiger charge is -2.17. The van der Waals surface area contributed by atoms with Gasteiger partial charge in [-0.25, -0.2) is 0 Å². The van der Waals surface area contributed by atoms with Crippen molar-refractivity contribution in [2.24, 2.45) is 17.4 Å². The SMILES string of the molecule is CC(=N)C(C)C(N)CCN. The van der Waals surface area contributed by atoms with Crippen LogP contribution in [0.5, 0.6) is 0 Å². The predicted octanol–water partition coefficient (Wildman–Crippen LogP) is 0.338. The van der Waals surface area contributed by atoms with Crippen LogP contribution in [0, 0.1) is 11.3 Å². The monoisotopic (exact) mass is 143 g/mol. The number of hydrogen-bond acceptors (Lipinski definition) is 3. The first-order chi connectivity index (χ1) is 4.59. The number of hydrogen-bond donors (Lipinski definition) is 3. The smallest absolute Gasteiger partial charge is 0.0129 e. The predicted molar refractivity (Wildman–Crippen MR) is 44.2 cm³/mol. The van der Waals surface area contributed by atoms with Gasteiger partial charge in [0.2, 0.25) is 0 Å². The Labute approximate surface area is 62.3 Å². The van der Waals surface area contributed by atoms with Gasteiger partial charge in [-0.05, 0) is 19.9 Å². The second-order valence-electron chi connectivity index (χ2n) is 2.71. The number of nitrogens with one attached hydrogen (secondary N) is 1. The number of rotatable bonds is 4. The van der Waals surface area contributed by atoms with E-state index in [0.29, 0.717) is 12.3 Å². The van der Waals surface area contributed by atoms with E-state index in [9.17, 15) is 0 Å². The Morgan fingerprint density at radius 3 is 2.40 bits per heavy atom. The molecule has 3 nitrogen and oxygen atoms in total. The average Bonchev–Trinajstić information content (AvgIpc) is 1.87. The molecule has 2 atom stereocenters. The summed E-state index contributed by atoms with van der Waals surface area (Å²) < 4.78 is 0. The molecule has 0 saturated carbocycles. The van der Waals surface area contributed by atoms with Gasteiger partial charge >= 0.3 is 0 Å². The van der Waals surface area contributed by atoms with E-state index < -0.39 is 0 Å². The first-order valence-corrected chi connectivity index (χ1v) is 3.60. The normalized spacial score (nSPS) is 16.4. The van der Waals surface area contributed by atoms with Crippen molar-refractivity contribution in [1.82, 2.24) is 0 Å². The summed E-state index contributed by atoms with van der Waals surface area (Å²) in [5.74, 6) is 0.170. The summed E-state index contributed by atoms with van der Waals surface area (Å²) in [4.78, 5) is 0. The van der Waals surface area contributed by atoms with Crippen molar-refractivity contribution in [2.75, 3.05) is 6.54 Å². The van der Waals surface area contributed by atoms with Crippen LogP contribution in [0.1, 0.15) is 20.3 Å². The average molecular weight is 143 g/mol. The van der Waals surface area contributed by atoms with Crippen LogP contribution in [-0.2, 0) is 0 Å². The number of nitrogens with two attached hydrogens (primary N) is 2. The van der Waals surface area contributed by atoms with E-state index in [1.165, 1.54) is 0 Å². The van der Waals surface area contributed by atoms with Crippen LogP contribution in [0.25, 0.3) is 0 Å².